The van der Waals surface area contributed by atoms with Crippen LogP contribution in [-0.4, -0.2) is 25.5 Å². The molecule has 1 unspecified atom stereocenters. The van der Waals surface area contributed by atoms with Gasteiger partial charge >= 0.3 is 0 Å². The summed E-state index contributed by atoms with van der Waals surface area (Å²) >= 11 is 0. The van der Waals surface area contributed by atoms with Crippen LogP contribution in [0, 0.1) is 6.92 Å². The number of aromatic nitrogens is 2. The van der Waals surface area contributed by atoms with Crippen molar-refractivity contribution in [3.8, 4) is 5.75 Å². The molecule has 108 valence electrons. The fourth-order valence-corrected chi connectivity index (χ4v) is 2.99. The normalized spacial score (nSPS) is 13.2. The number of nitrogens with one attached hydrogen (secondary N) is 2. The van der Waals surface area contributed by atoms with Crippen molar-refractivity contribution in [1.29, 1.82) is 0 Å². The molecule has 0 aliphatic rings. The summed E-state index contributed by atoms with van der Waals surface area (Å²) in [5.41, 5.74) is 0.852. The number of hydrogen-bond acceptors (Lipinski definition) is 4. The van der Waals surface area contributed by atoms with Gasteiger partial charge in [-0.25, -0.2) is 18.1 Å². The lowest BCUT2D eigenvalue weighted by atomic mass is 10.1. The lowest BCUT2D eigenvalue weighted by Crippen LogP contribution is -2.27. The van der Waals surface area contributed by atoms with Crippen molar-refractivity contribution in [2.24, 2.45) is 0 Å². The first-order valence-electron chi connectivity index (χ1n) is 6.10. The maximum absolute atomic E-state index is 12.1. The van der Waals surface area contributed by atoms with Crippen LogP contribution in [0.3, 0.4) is 0 Å². The molecule has 2 N–H and O–H groups in total. The van der Waals surface area contributed by atoms with Gasteiger partial charge < -0.3 is 9.72 Å². The summed E-state index contributed by atoms with van der Waals surface area (Å²) in [6.07, 6.45) is 1.30. The quantitative estimate of drug-likeness (QED) is 0.880. The first kappa shape index (κ1) is 14.5. The maximum atomic E-state index is 12.1. The summed E-state index contributed by atoms with van der Waals surface area (Å²) < 4.78 is 32.0. The standard InChI is InChI=1S/C13H17N3O3S/c1-9(11-4-6-12(19-3)7-5-11)16-20(17,18)13-8-14-10(2)15-13/h4-9,16H,1-3H3,(H,14,15). The Bertz CT molecular complexity index is 677. The smallest absolute Gasteiger partial charge is 0.258 e. The van der Waals surface area contributed by atoms with Gasteiger partial charge in [-0.15, -0.1) is 0 Å². The summed E-state index contributed by atoms with van der Waals surface area (Å²) in [7, 11) is -2.02. The number of methoxy groups -OCH3 is 1. The number of ether oxygens (including phenoxy) is 1. The molecule has 7 heteroatoms. The molecule has 6 nitrogen and oxygen atoms in total. The van der Waals surface area contributed by atoms with E-state index in [1.165, 1.54) is 6.20 Å². The summed E-state index contributed by atoms with van der Waals surface area (Å²) in [6, 6.07) is 6.88. The number of aryl methyl sites for hydroxylation is 1. The highest BCUT2D eigenvalue weighted by atomic mass is 32.2. The van der Waals surface area contributed by atoms with Crippen molar-refractivity contribution < 1.29 is 13.2 Å². The topological polar surface area (TPSA) is 84.1 Å². The zero-order valence-electron chi connectivity index (χ0n) is 11.5. The Hall–Kier alpha value is -1.86. The largest absolute Gasteiger partial charge is 0.497 e. The van der Waals surface area contributed by atoms with Crippen LogP contribution in [0.2, 0.25) is 0 Å². The van der Waals surface area contributed by atoms with Gasteiger partial charge in [0.1, 0.15) is 11.6 Å². The predicted octanol–water partition coefficient (Wildman–Crippen LogP) is 1.77. The molecule has 0 spiro atoms. The van der Waals surface area contributed by atoms with E-state index in [1.54, 1.807) is 33.1 Å². The monoisotopic (exact) mass is 295 g/mol. The van der Waals surface area contributed by atoms with E-state index in [-0.39, 0.29) is 11.1 Å². The van der Waals surface area contributed by atoms with Crippen molar-refractivity contribution in [2.75, 3.05) is 7.11 Å². The number of aromatic amines is 1. The average molecular weight is 295 g/mol. The molecule has 1 atom stereocenters. The molecule has 2 rings (SSSR count). The van der Waals surface area contributed by atoms with Gasteiger partial charge in [0, 0.05) is 6.04 Å². The highest BCUT2D eigenvalue weighted by molar-refractivity contribution is 7.89. The average Bonchev–Trinajstić information content (AvgIpc) is 2.86. The van der Waals surface area contributed by atoms with Gasteiger partial charge in [0.2, 0.25) is 0 Å². The Morgan fingerprint density at radius 3 is 2.45 bits per heavy atom. The van der Waals surface area contributed by atoms with E-state index in [9.17, 15) is 8.42 Å². The van der Waals surface area contributed by atoms with Crippen LogP contribution in [0.1, 0.15) is 24.4 Å². The number of H-pyrrole nitrogens is 1. The molecular formula is C13H17N3O3S. The van der Waals surface area contributed by atoms with E-state index in [0.29, 0.717) is 5.82 Å². The number of hydrogen-bond donors (Lipinski definition) is 2. The van der Waals surface area contributed by atoms with Crippen LogP contribution in [0.25, 0.3) is 0 Å². The van der Waals surface area contributed by atoms with E-state index in [1.807, 2.05) is 12.1 Å². The third kappa shape index (κ3) is 3.17. The van der Waals surface area contributed by atoms with E-state index in [2.05, 4.69) is 14.7 Å². The summed E-state index contributed by atoms with van der Waals surface area (Å²) in [6.45, 7) is 3.48. The summed E-state index contributed by atoms with van der Waals surface area (Å²) in [4.78, 5) is 6.60. The number of rotatable bonds is 5. The van der Waals surface area contributed by atoms with Gasteiger partial charge in [0.25, 0.3) is 10.0 Å². The van der Waals surface area contributed by atoms with E-state index in [4.69, 9.17) is 4.74 Å². The van der Waals surface area contributed by atoms with Gasteiger partial charge in [-0.05, 0) is 31.5 Å². The van der Waals surface area contributed by atoms with E-state index in [0.717, 1.165) is 11.3 Å². The number of nitrogens with zero attached hydrogens (tertiary/aromatic N) is 1. The molecule has 0 radical (unpaired) electrons. The number of sulfonamides is 1. The van der Waals surface area contributed by atoms with Crippen molar-refractivity contribution in [3.63, 3.8) is 0 Å². The molecule has 1 heterocycles. The predicted molar refractivity (Wildman–Crippen MR) is 75.1 cm³/mol. The minimum absolute atomic E-state index is 0.0651. The molecule has 0 fully saturated rings. The molecule has 0 bridgehead atoms. The Kier molecular flexibility index (Phi) is 4.10. The van der Waals surface area contributed by atoms with Gasteiger partial charge in [-0.3, -0.25) is 0 Å². The van der Waals surface area contributed by atoms with Crippen molar-refractivity contribution in [3.05, 3.63) is 41.9 Å². The molecule has 20 heavy (non-hydrogen) atoms. The molecule has 1 aromatic heterocycles. The summed E-state index contributed by atoms with van der Waals surface area (Å²) in [5.74, 6) is 1.29. The lowest BCUT2D eigenvalue weighted by molar-refractivity contribution is 0.414. The first-order valence-corrected chi connectivity index (χ1v) is 7.58. The Labute approximate surface area is 118 Å². The van der Waals surface area contributed by atoms with Gasteiger partial charge in [0.15, 0.2) is 5.03 Å². The highest BCUT2D eigenvalue weighted by Crippen LogP contribution is 2.19. The minimum Gasteiger partial charge on any atom is -0.497 e. The SMILES string of the molecule is COc1ccc(C(C)NS(=O)(=O)c2cnc(C)[nH]2)cc1. The second-order valence-corrected chi connectivity index (χ2v) is 6.13. The van der Waals surface area contributed by atoms with Crippen LogP contribution in [0.15, 0.2) is 35.5 Å². The van der Waals surface area contributed by atoms with Crippen molar-refractivity contribution in [1.82, 2.24) is 14.7 Å². The fourth-order valence-electron chi connectivity index (χ4n) is 1.79. The van der Waals surface area contributed by atoms with Crippen LogP contribution >= 0.6 is 0 Å². The Balaban J connectivity index is 2.15. The van der Waals surface area contributed by atoms with Crippen LogP contribution in [-0.2, 0) is 10.0 Å². The van der Waals surface area contributed by atoms with Gasteiger partial charge in [-0.2, -0.15) is 0 Å². The molecule has 0 saturated heterocycles. The van der Waals surface area contributed by atoms with Gasteiger partial charge in [-0.1, -0.05) is 12.1 Å². The summed E-state index contributed by atoms with van der Waals surface area (Å²) in [5, 5.41) is 0.0651. The number of benzene rings is 1. The van der Waals surface area contributed by atoms with Crippen LogP contribution in [0.4, 0.5) is 0 Å². The van der Waals surface area contributed by atoms with Crippen molar-refractivity contribution >= 4 is 10.0 Å². The maximum Gasteiger partial charge on any atom is 0.258 e. The second-order valence-electron chi connectivity index (χ2n) is 4.45. The minimum atomic E-state index is -3.60. The molecule has 2 aromatic rings. The van der Waals surface area contributed by atoms with Crippen LogP contribution in [0.5, 0.6) is 5.75 Å². The Morgan fingerprint density at radius 1 is 1.30 bits per heavy atom. The first-order chi connectivity index (χ1) is 9.42. The molecule has 0 aliphatic heterocycles. The molecule has 0 amide bonds. The third-order valence-corrected chi connectivity index (χ3v) is 4.37. The fraction of sp³-hybridized carbons (Fsp3) is 0.308. The Morgan fingerprint density at radius 2 is 1.95 bits per heavy atom. The molecular weight excluding hydrogens is 278 g/mol. The van der Waals surface area contributed by atoms with E-state index < -0.39 is 10.0 Å². The van der Waals surface area contributed by atoms with Crippen LogP contribution < -0.4 is 9.46 Å². The zero-order chi connectivity index (χ0) is 14.8. The van der Waals surface area contributed by atoms with Crippen molar-refractivity contribution in [2.45, 2.75) is 24.9 Å². The number of imidazole rings is 1. The molecule has 0 saturated carbocycles. The third-order valence-electron chi connectivity index (χ3n) is 2.92. The highest BCUT2D eigenvalue weighted by Gasteiger charge is 2.20. The van der Waals surface area contributed by atoms with Gasteiger partial charge in [0.05, 0.1) is 13.3 Å². The second kappa shape index (κ2) is 5.64. The lowest BCUT2D eigenvalue weighted by Gasteiger charge is -2.14. The molecule has 1 aromatic carbocycles. The zero-order valence-corrected chi connectivity index (χ0v) is 12.4. The van der Waals surface area contributed by atoms with E-state index >= 15 is 0 Å². The molecule has 0 aliphatic carbocycles.